The number of amides is 1. The van der Waals surface area contributed by atoms with E-state index in [1.54, 1.807) is 12.3 Å². The zero-order valence-corrected chi connectivity index (χ0v) is 16.3. The molecule has 28 heavy (non-hydrogen) atoms. The smallest absolute Gasteiger partial charge is 0.261 e. The van der Waals surface area contributed by atoms with Gasteiger partial charge in [-0.1, -0.05) is 22.9 Å². The largest absolute Gasteiger partial charge is 0.469 e. The highest BCUT2D eigenvalue weighted by atomic mass is 32.1. The molecule has 6 nitrogen and oxygen atoms in total. The van der Waals surface area contributed by atoms with Crippen molar-refractivity contribution in [1.82, 2.24) is 15.5 Å². The number of hydrogen-bond acceptors (Lipinski definition) is 6. The number of benzene rings is 1. The molecule has 0 saturated carbocycles. The van der Waals surface area contributed by atoms with E-state index in [4.69, 9.17) is 8.94 Å². The summed E-state index contributed by atoms with van der Waals surface area (Å²) in [4.78, 5) is 18.3. The Morgan fingerprint density at radius 1 is 1.18 bits per heavy atom. The molecular formula is C21H19N3O3S. The summed E-state index contributed by atoms with van der Waals surface area (Å²) < 4.78 is 10.7. The molecule has 0 bridgehead atoms. The summed E-state index contributed by atoms with van der Waals surface area (Å²) in [5.41, 5.74) is 2.03. The summed E-state index contributed by atoms with van der Waals surface area (Å²) in [5, 5.41) is 7.03. The second-order valence-electron chi connectivity index (χ2n) is 6.61. The zero-order chi connectivity index (χ0) is 19.5. The monoisotopic (exact) mass is 393 g/mol. The number of aromatic nitrogens is 2. The number of aryl methyl sites for hydroxylation is 1. The lowest BCUT2D eigenvalue weighted by Crippen LogP contribution is -2.33. The first-order valence-electron chi connectivity index (χ1n) is 8.92. The van der Waals surface area contributed by atoms with Gasteiger partial charge in [0.15, 0.2) is 0 Å². The number of rotatable bonds is 6. The van der Waals surface area contributed by atoms with Crippen LogP contribution in [0.2, 0.25) is 0 Å². The Labute approximate surface area is 166 Å². The van der Waals surface area contributed by atoms with Crippen molar-refractivity contribution in [2.75, 3.05) is 0 Å². The highest BCUT2D eigenvalue weighted by molar-refractivity contribution is 7.17. The maximum atomic E-state index is 12.5. The molecule has 1 N–H and O–H groups in total. The predicted octanol–water partition coefficient (Wildman–Crippen LogP) is 4.73. The van der Waals surface area contributed by atoms with E-state index in [-0.39, 0.29) is 11.9 Å². The van der Waals surface area contributed by atoms with Crippen LogP contribution in [-0.4, -0.2) is 22.1 Å². The highest BCUT2D eigenvalue weighted by Gasteiger charge is 2.17. The Kier molecular flexibility index (Phi) is 5.08. The molecule has 1 amide bonds. The fourth-order valence-electron chi connectivity index (χ4n) is 2.79. The van der Waals surface area contributed by atoms with Crippen molar-refractivity contribution in [3.05, 3.63) is 71.0 Å². The second-order valence-corrected chi connectivity index (χ2v) is 7.69. The molecule has 0 radical (unpaired) electrons. The second kappa shape index (κ2) is 7.82. The molecule has 3 aromatic heterocycles. The van der Waals surface area contributed by atoms with Gasteiger partial charge in [0.2, 0.25) is 5.82 Å². The van der Waals surface area contributed by atoms with Crippen LogP contribution in [0.1, 0.15) is 27.9 Å². The van der Waals surface area contributed by atoms with Crippen LogP contribution in [0.5, 0.6) is 0 Å². The minimum atomic E-state index is -0.127. The van der Waals surface area contributed by atoms with Gasteiger partial charge in [-0.05, 0) is 50.2 Å². The van der Waals surface area contributed by atoms with Crippen molar-refractivity contribution in [2.24, 2.45) is 0 Å². The molecule has 0 aliphatic heterocycles. The van der Waals surface area contributed by atoms with Crippen LogP contribution in [0.25, 0.3) is 22.2 Å². The molecule has 4 aromatic rings. The molecule has 142 valence electrons. The normalized spacial score (nSPS) is 12.1. The minimum Gasteiger partial charge on any atom is -0.469 e. The van der Waals surface area contributed by atoms with Crippen LogP contribution in [0, 0.1) is 6.92 Å². The summed E-state index contributed by atoms with van der Waals surface area (Å²) in [5.74, 6) is 1.65. The molecular weight excluding hydrogens is 374 g/mol. The maximum Gasteiger partial charge on any atom is 0.261 e. The van der Waals surface area contributed by atoms with E-state index in [9.17, 15) is 4.79 Å². The molecule has 3 heterocycles. The number of nitrogens with one attached hydrogen (secondary N) is 1. The minimum absolute atomic E-state index is 0.0393. The van der Waals surface area contributed by atoms with Crippen molar-refractivity contribution in [1.29, 1.82) is 0 Å². The summed E-state index contributed by atoms with van der Waals surface area (Å²) in [6.07, 6.45) is 2.27. The number of nitrogens with zero attached hydrogens (tertiary/aromatic N) is 2. The Hall–Kier alpha value is -3.19. The quantitative estimate of drug-likeness (QED) is 0.512. The standard InChI is InChI=1S/C21H19N3O3S/c1-13-5-7-15(8-6-13)21-23-19(24-27-21)17-9-10-18(28-17)20(25)22-14(2)12-16-4-3-11-26-16/h3-11,14H,12H2,1-2H3,(H,22,25)/t14-/m0/s1. The number of hydrogen-bond donors (Lipinski definition) is 1. The fourth-order valence-corrected chi connectivity index (χ4v) is 3.63. The Morgan fingerprint density at radius 2 is 2.00 bits per heavy atom. The van der Waals surface area contributed by atoms with Gasteiger partial charge in [-0.3, -0.25) is 4.79 Å². The van der Waals surface area contributed by atoms with Crippen LogP contribution in [0.15, 0.2) is 63.7 Å². The zero-order valence-electron chi connectivity index (χ0n) is 15.5. The topological polar surface area (TPSA) is 81.2 Å². The average Bonchev–Trinajstić information content (AvgIpc) is 3.43. The average molecular weight is 393 g/mol. The van der Waals surface area contributed by atoms with E-state index in [1.165, 1.54) is 16.9 Å². The lowest BCUT2D eigenvalue weighted by atomic mass is 10.1. The predicted molar refractivity (Wildman–Crippen MR) is 107 cm³/mol. The van der Waals surface area contributed by atoms with E-state index in [2.05, 4.69) is 15.5 Å². The molecule has 4 rings (SSSR count). The van der Waals surface area contributed by atoms with Crippen molar-refractivity contribution < 1.29 is 13.7 Å². The summed E-state index contributed by atoms with van der Waals surface area (Å²) in [6.45, 7) is 3.97. The first kappa shape index (κ1) is 18.2. The van der Waals surface area contributed by atoms with Gasteiger partial charge in [-0.15, -0.1) is 11.3 Å². The lowest BCUT2D eigenvalue weighted by Gasteiger charge is -2.11. The Morgan fingerprint density at radius 3 is 2.75 bits per heavy atom. The van der Waals surface area contributed by atoms with Crippen molar-refractivity contribution in [2.45, 2.75) is 26.3 Å². The van der Waals surface area contributed by atoms with E-state index in [0.717, 1.165) is 16.2 Å². The fraction of sp³-hybridized carbons (Fsp3) is 0.190. The molecule has 0 saturated heterocycles. The molecule has 0 fully saturated rings. The summed E-state index contributed by atoms with van der Waals surface area (Å²) in [6, 6.07) is 15.2. The maximum absolute atomic E-state index is 12.5. The Balaban J connectivity index is 1.44. The molecule has 0 unspecified atom stereocenters. The van der Waals surface area contributed by atoms with Crippen molar-refractivity contribution in [3.8, 4) is 22.2 Å². The van der Waals surface area contributed by atoms with Gasteiger partial charge >= 0.3 is 0 Å². The highest BCUT2D eigenvalue weighted by Crippen LogP contribution is 2.28. The lowest BCUT2D eigenvalue weighted by molar-refractivity contribution is 0.0943. The Bertz CT molecular complexity index is 1060. The van der Waals surface area contributed by atoms with E-state index in [1.807, 2.05) is 56.3 Å². The SMILES string of the molecule is Cc1ccc(-c2nc(-c3ccc(C(=O)N[C@@H](C)Cc4ccco4)s3)no2)cc1. The number of carbonyl (C=O) groups is 1. The van der Waals surface area contributed by atoms with E-state index in [0.29, 0.717) is 23.0 Å². The molecule has 0 aliphatic carbocycles. The van der Waals surface area contributed by atoms with Gasteiger partial charge in [0.25, 0.3) is 11.8 Å². The van der Waals surface area contributed by atoms with Crippen molar-refractivity contribution in [3.63, 3.8) is 0 Å². The van der Waals surface area contributed by atoms with Gasteiger partial charge < -0.3 is 14.3 Å². The first-order chi connectivity index (χ1) is 13.6. The molecule has 7 heteroatoms. The van der Waals surface area contributed by atoms with Crippen LogP contribution >= 0.6 is 11.3 Å². The number of carbonyl (C=O) groups excluding carboxylic acids is 1. The van der Waals surface area contributed by atoms with Gasteiger partial charge in [-0.25, -0.2) is 0 Å². The van der Waals surface area contributed by atoms with Crippen LogP contribution in [0.3, 0.4) is 0 Å². The molecule has 0 spiro atoms. The van der Waals surface area contributed by atoms with Crippen molar-refractivity contribution >= 4 is 17.2 Å². The van der Waals surface area contributed by atoms with Gasteiger partial charge in [0, 0.05) is 18.0 Å². The van der Waals surface area contributed by atoms with Gasteiger partial charge in [0.1, 0.15) is 5.76 Å². The van der Waals surface area contributed by atoms with Gasteiger partial charge in [-0.2, -0.15) is 4.98 Å². The van der Waals surface area contributed by atoms with E-state index >= 15 is 0 Å². The van der Waals surface area contributed by atoms with Crippen LogP contribution in [0.4, 0.5) is 0 Å². The summed E-state index contributed by atoms with van der Waals surface area (Å²) in [7, 11) is 0. The van der Waals surface area contributed by atoms with Crippen LogP contribution in [-0.2, 0) is 6.42 Å². The van der Waals surface area contributed by atoms with Crippen LogP contribution < -0.4 is 5.32 Å². The first-order valence-corrected chi connectivity index (χ1v) is 9.74. The number of thiophene rings is 1. The molecule has 1 aromatic carbocycles. The molecule has 0 aliphatic rings. The third kappa shape index (κ3) is 4.04. The third-order valence-electron chi connectivity index (χ3n) is 4.24. The van der Waals surface area contributed by atoms with Gasteiger partial charge in [0.05, 0.1) is 16.0 Å². The third-order valence-corrected chi connectivity index (χ3v) is 5.32. The number of furan rings is 1. The van der Waals surface area contributed by atoms with E-state index < -0.39 is 0 Å². The molecule has 1 atom stereocenters. The summed E-state index contributed by atoms with van der Waals surface area (Å²) >= 11 is 1.33.